The zero-order chi connectivity index (χ0) is 13.1. The van der Waals surface area contributed by atoms with Crippen molar-refractivity contribution in [3.05, 3.63) is 46.0 Å². The number of aromatic amines is 1. The molecule has 6 heteroatoms. The predicted octanol–water partition coefficient (Wildman–Crippen LogP) is 2.32. The maximum atomic E-state index is 13.2. The van der Waals surface area contributed by atoms with Crippen LogP contribution >= 0.6 is 11.6 Å². The second kappa shape index (κ2) is 5.18. The minimum atomic E-state index is -0.411. The van der Waals surface area contributed by atoms with Gasteiger partial charge in [-0.25, -0.2) is 9.49 Å². The summed E-state index contributed by atoms with van der Waals surface area (Å²) in [7, 11) is 1.48. The van der Waals surface area contributed by atoms with E-state index in [2.05, 4.69) is 10.2 Å². The van der Waals surface area contributed by atoms with Gasteiger partial charge in [0.25, 0.3) is 5.56 Å². The molecule has 2 aromatic rings. The number of hydrogen-bond donors (Lipinski definition) is 1. The normalized spacial score (nSPS) is 10.4. The Bertz CT molecular complexity index is 628. The van der Waals surface area contributed by atoms with Crippen LogP contribution in [0.1, 0.15) is 5.56 Å². The van der Waals surface area contributed by atoms with Crippen molar-refractivity contribution in [2.45, 2.75) is 5.88 Å². The minimum Gasteiger partial charge on any atom is -0.496 e. The van der Waals surface area contributed by atoms with Crippen LogP contribution in [-0.4, -0.2) is 17.3 Å². The summed E-state index contributed by atoms with van der Waals surface area (Å²) < 4.78 is 18.4. The van der Waals surface area contributed by atoms with Crippen LogP contribution < -0.4 is 10.3 Å². The molecule has 0 amide bonds. The smallest absolute Gasteiger partial charge is 0.268 e. The average molecular weight is 269 g/mol. The first-order valence-corrected chi connectivity index (χ1v) is 5.67. The van der Waals surface area contributed by atoms with Crippen molar-refractivity contribution in [3.8, 4) is 17.0 Å². The van der Waals surface area contributed by atoms with Gasteiger partial charge in [0.1, 0.15) is 11.6 Å². The lowest BCUT2D eigenvalue weighted by Gasteiger charge is -2.08. The number of H-pyrrole nitrogens is 1. The van der Waals surface area contributed by atoms with E-state index in [9.17, 15) is 9.18 Å². The number of benzene rings is 1. The van der Waals surface area contributed by atoms with Gasteiger partial charge in [-0.3, -0.25) is 4.79 Å². The molecule has 4 nitrogen and oxygen atoms in total. The van der Waals surface area contributed by atoms with Gasteiger partial charge in [-0.2, -0.15) is 5.10 Å². The van der Waals surface area contributed by atoms with Crippen molar-refractivity contribution in [1.29, 1.82) is 0 Å². The summed E-state index contributed by atoms with van der Waals surface area (Å²) in [4.78, 5) is 11.3. The first-order valence-electron chi connectivity index (χ1n) is 5.14. The number of hydrogen-bond acceptors (Lipinski definition) is 3. The number of alkyl halides is 1. The molecule has 18 heavy (non-hydrogen) atoms. The first kappa shape index (κ1) is 12.6. The van der Waals surface area contributed by atoms with Gasteiger partial charge in [-0.15, -0.1) is 11.6 Å². The van der Waals surface area contributed by atoms with E-state index in [0.717, 1.165) is 0 Å². The zero-order valence-electron chi connectivity index (χ0n) is 9.54. The van der Waals surface area contributed by atoms with Gasteiger partial charge >= 0.3 is 0 Å². The molecule has 0 aliphatic carbocycles. The van der Waals surface area contributed by atoms with Gasteiger partial charge in [-0.05, 0) is 24.3 Å². The second-order valence-corrected chi connectivity index (χ2v) is 3.85. The first-order chi connectivity index (χ1) is 8.65. The molecule has 0 saturated carbocycles. The minimum absolute atomic E-state index is 0.0580. The summed E-state index contributed by atoms with van der Waals surface area (Å²) in [5.74, 6) is 0.116. The van der Waals surface area contributed by atoms with E-state index < -0.39 is 5.82 Å². The summed E-state index contributed by atoms with van der Waals surface area (Å²) in [5, 5.41) is 6.18. The maximum absolute atomic E-state index is 13.2. The van der Waals surface area contributed by atoms with E-state index >= 15 is 0 Å². The van der Waals surface area contributed by atoms with E-state index in [-0.39, 0.29) is 11.4 Å². The van der Waals surface area contributed by atoms with Crippen LogP contribution in [-0.2, 0) is 5.88 Å². The molecule has 0 spiro atoms. The van der Waals surface area contributed by atoms with Crippen molar-refractivity contribution in [3.63, 3.8) is 0 Å². The molecule has 0 atom stereocenters. The largest absolute Gasteiger partial charge is 0.496 e. The van der Waals surface area contributed by atoms with Crippen molar-refractivity contribution in [2.75, 3.05) is 7.11 Å². The molecule has 1 N–H and O–H groups in total. The van der Waals surface area contributed by atoms with E-state index in [1.54, 1.807) is 0 Å². The number of nitrogens with one attached hydrogen (secondary N) is 1. The second-order valence-electron chi connectivity index (χ2n) is 3.59. The third kappa shape index (κ3) is 2.36. The summed E-state index contributed by atoms with van der Waals surface area (Å²) in [6.45, 7) is 0. The fourth-order valence-corrected chi connectivity index (χ4v) is 1.76. The summed E-state index contributed by atoms with van der Waals surface area (Å²) in [5.41, 5.74) is 0.874. The van der Waals surface area contributed by atoms with Crippen LogP contribution in [0, 0.1) is 5.82 Å². The molecule has 1 aromatic carbocycles. The standard InChI is InChI=1S/C12H10ClFN2O2/c1-18-11-3-2-8(14)5-9(11)10-4-7(6-13)12(17)16-15-10/h2-5H,6H2,1H3,(H,16,17). The Kier molecular flexibility index (Phi) is 3.62. The SMILES string of the molecule is COc1ccc(F)cc1-c1cc(CCl)c(=O)[nH]n1. The molecule has 0 aliphatic heterocycles. The molecule has 0 unspecified atom stereocenters. The Morgan fingerprint density at radius 2 is 2.22 bits per heavy atom. The number of ether oxygens (including phenoxy) is 1. The molecule has 1 aromatic heterocycles. The van der Waals surface area contributed by atoms with Crippen molar-refractivity contribution in [2.24, 2.45) is 0 Å². The summed E-state index contributed by atoms with van der Waals surface area (Å²) in [6.07, 6.45) is 0. The number of nitrogens with zero attached hydrogens (tertiary/aromatic N) is 1. The van der Waals surface area contributed by atoms with Gasteiger partial charge in [0, 0.05) is 11.1 Å². The van der Waals surface area contributed by atoms with Crippen molar-refractivity contribution < 1.29 is 9.13 Å². The van der Waals surface area contributed by atoms with Crippen LogP contribution in [0.5, 0.6) is 5.75 Å². The Hall–Kier alpha value is -1.88. The number of aromatic nitrogens is 2. The topological polar surface area (TPSA) is 55.0 Å². The highest BCUT2D eigenvalue weighted by atomic mass is 35.5. The molecule has 0 saturated heterocycles. The Labute approximate surface area is 107 Å². The van der Waals surface area contributed by atoms with Crippen LogP contribution in [0.25, 0.3) is 11.3 Å². The summed E-state index contributed by atoms with van der Waals surface area (Å²) >= 11 is 5.64. The molecule has 94 valence electrons. The lowest BCUT2D eigenvalue weighted by molar-refractivity contribution is 0.415. The van der Waals surface area contributed by atoms with Gasteiger partial charge in [0.2, 0.25) is 0 Å². The maximum Gasteiger partial charge on any atom is 0.268 e. The van der Waals surface area contributed by atoms with E-state index in [0.29, 0.717) is 22.6 Å². The fourth-order valence-electron chi connectivity index (χ4n) is 1.56. The molecular formula is C12H10ClFN2O2. The van der Waals surface area contributed by atoms with Gasteiger partial charge in [0.05, 0.1) is 18.7 Å². The quantitative estimate of drug-likeness (QED) is 0.869. The number of halogens is 2. The third-order valence-corrected chi connectivity index (χ3v) is 2.75. The van der Waals surface area contributed by atoms with E-state index in [4.69, 9.17) is 16.3 Å². The summed E-state index contributed by atoms with van der Waals surface area (Å²) in [6, 6.07) is 5.59. The molecule has 2 rings (SSSR count). The monoisotopic (exact) mass is 268 g/mol. The van der Waals surface area contributed by atoms with Crippen molar-refractivity contribution in [1.82, 2.24) is 10.2 Å². The predicted molar refractivity (Wildman–Crippen MR) is 66.4 cm³/mol. The molecule has 1 heterocycles. The molecule has 0 fully saturated rings. The molecular weight excluding hydrogens is 259 g/mol. The van der Waals surface area contributed by atoms with Crippen LogP contribution in [0.3, 0.4) is 0 Å². The molecule has 0 aliphatic rings. The molecule has 0 bridgehead atoms. The highest BCUT2D eigenvalue weighted by Gasteiger charge is 2.11. The lowest BCUT2D eigenvalue weighted by atomic mass is 10.1. The van der Waals surface area contributed by atoms with Crippen LogP contribution in [0.4, 0.5) is 4.39 Å². The van der Waals surface area contributed by atoms with Gasteiger partial charge in [-0.1, -0.05) is 0 Å². The van der Waals surface area contributed by atoms with E-state index in [1.807, 2.05) is 0 Å². The molecule has 0 radical (unpaired) electrons. The third-order valence-electron chi connectivity index (χ3n) is 2.46. The van der Waals surface area contributed by atoms with Gasteiger partial charge in [0.15, 0.2) is 0 Å². The van der Waals surface area contributed by atoms with Crippen LogP contribution in [0.15, 0.2) is 29.1 Å². The lowest BCUT2D eigenvalue weighted by Crippen LogP contribution is -2.13. The van der Waals surface area contributed by atoms with Crippen molar-refractivity contribution >= 4 is 11.6 Å². The zero-order valence-corrected chi connectivity index (χ0v) is 10.3. The van der Waals surface area contributed by atoms with Gasteiger partial charge < -0.3 is 4.74 Å². The Morgan fingerprint density at radius 1 is 1.44 bits per heavy atom. The highest BCUT2D eigenvalue weighted by Crippen LogP contribution is 2.28. The Balaban J connectivity index is 2.61. The average Bonchev–Trinajstić information content (AvgIpc) is 2.39. The Morgan fingerprint density at radius 3 is 2.89 bits per heavy atom. The highest BCUT2D eigenvalue weighted by molar-refractivity contribution is 6.17. The van der Waals surface area contributed by atoms with E-state index in [1.165, 1.54) is 31.4 Å². The van der Waals surface area contributed by atoms with Crippen LogP contribution in [0.2, 0.25) is 0 Å². The fraction of sp³-hybridized carbons (Fsp3) is 0.167. The number of rotatable bonds is 3. The number of methoxy groups -OCH3 is 1.